The average Bonchev–Trinajstić information content (AvgIpc) is 3.27. The van der Waals surface area contributed by atoms with Crippen molar-refractivity contribution in [1.29, 1.82) is 0 Å². The van der Waals surface area contributed by atoms with Gasteiger partial charge in [0, 0.05) is 30.8 Å². The van der Waals surface area contributed by atoms with E-state index in [1.807, 2.05) is 0 Å². The first-order chi connectivity index (χ1) is 13.6. The molecule has 28 heavy (non-hydrogen) atoms. The second kappa shape index (κ2) is 9.12. The fourth-order valence-corrected chi connectivity index (χ4v) is 3.17. The quantitative estimate of drug-likeness (QED) is 0.775. The number of amides is 2. The fourth-order valence-electron chi connectivity index (χ4n) is 3.17. The molecule has 1 saturated heterocycles. The van der Waals surface area contributed by atoms with Crippen LogP contribution in [0.3, 0.4) is 0 Å². The van der Waals surface area contributed by atoms with Gasteiger partial charge in [-0.05, 0) is 49.2 Å². The highest BCUT2D eigenvalue weighted by Crippen LogP contribution is 2.25. The lowest BCUT2D eigenvalue weighted by Crippen LogP contribution is -2.46. The zero-order valence-electron chi connectivity index (χ0n) is 16.0. The summed E-state index contributed by atoms with van der Waals surface area (Å²) in [6.07, 6.45) is 6.08. The third-order valence-corrected chi connectivity index (χ3v) is 4.71. The number of benzene rings is 1. The van der Waals surface area contributed by atoms with E-state index >= 15 is 0 Å². The van der Waals surface area contributed by atoms with E-state index in [4.69, 9.17) is 13.9 Å². The number of nitrogens with one attached hydrogen (secondary N) is 1. The summed E-state index contributed by atoms with van der Waals surface area (Å²) >= 11 is 0. The zero-order chi connectivity index (χ0) is 19.9. The lowest BCUT2D eigenvalue weighted by molar-refractivity contribution is -0.117. The molecule has 0 saturated carbocycles. The Morgan fingerprint density at radius 3 is 2.61 bits per heavy atom. The van der Waals surface area contributed by atoms with Gasteiger partial charge in [-0.25, -0.2) is 0 Å². The van der Waals surface area contributed by atoms with Crippen LogP contribution in [0.2, 0.25) is 0 Å². The molecule has 3 rings (SSSR count). The minimum Gasteiger partial charge on any atom is -0.497 e. The Morgan fingerprint density at radius 1 is 1.18 bits per heavy atom. The van der Waals surface area contributed by atoms with Gasteiger partial charge in [0.2, 0.25) is 5.91 Å². The summed E-state index contributed by atoms with van der Waals surface area (Å²) in [5, 5.41) is 2.99. The van der Waals surface area contributed by atoms with Crippen molar-refractivity contribution in [3.63, 3.8) is 0 Å². The number of hydrogen-bond acceptors (Lipinski definition) is 5. The molecule has 1 aromatic carbocycles. The van der Waals surface area contributed by atoms with Gasteiger partial charge in [-0.15, -0.1) is 0 Å². The third kappa shape index (κ3) is 4.73. The number of nitrogens with zero attached hydrogens (tertiary/aromatic N) is 1. The largest absolute Gasteiger partial charge is 0.497 e. The molecule has 0 spiro atoms. The minimum atomic E-state index is -0.180. The van der Waals surface area contributed by atoms with Gasteiger partial charge in [-0.2, -0.15) is 0 Å². The maximum absolute atomic E-state index is 12.3. The molecule has 1 aromatic heterocycles. The van der Waals surface area contributed by atoms with Crippen LogP contribution in [0, 0.1) is 0 Å². The normalized spacial score (nSPS) is 14.9. The molecule has 2 amide bonds. The SMILES string of the molecule is COc1ccc(OC)c(/C=C/C(=O)NC2CCN(C(=O)c3ccco3)CC2)c1. The van der Waals surface area contributed by atoms with Crippen LogP contribution in [0.1, 0.15) is 29.0 Å². The van der Waals surface area contributed by atoms with Crippen molar-refractivity contribution in [3.8, 4) is 11.5 Å². The van der Waals surface area contributed by atoms with E-state index in [-0.39, 0.29) is 17.9 Å². The maximum atomic E-state index is 12.3. The highest BCUT2D eigenvalue weighted by molar-refractivity contribution is 5.93. The van der Waals surface area contributed by atoms with Gasteiger partial charge in [0.1, 0.15) is 11.5 Å². The molecule has 1 fully saturated rings. The second-order valence-electron chi connectivity index (χ2n) is 6.49. The van der Waals surface area contributed by atoms with Crippen molar-refractivity contribution in [1.82, 2.24) is 10.2 Å². The standard InChI is InChI=1S/C21H24N2O5/c1-26-17-6-7-18(27-2)15(14-17)5-8-20(24)22-16-9-11-23(12-10-16)21(25)19-4-3-13-28-19/h3-8,13-14,16H,9-12H2,1-2H3,(H,22,24)/b8-5+. The van der Waals surface area contributed by atoms with E-state index in [1.165, 1.54) is 12.3 Å². The Balaban J connectivity index is 1.52. The van der Waals surface area contributed by atoms with Crippen LogP contribution in [0.5, 0.6) is 11.5 Å². The molecule has 2 aromatic rings. The molecule has 0 radical (unpaired) electrons. The highest BCUT2D eigenvalue weighted by atomic mass is 16.5. The minimum absolute atomic E-state index is 0.0324. The molecule has 7 heteroatoms. The summed E-state index contributed by atoms with van der Waals surface area (Å²) in [4.78, 5) is 26.3. The maximum Gasteiger partial charge on any atom is 0.289 e. The number of methoxy groups -OCH3 is 2. The molecule has 0 unspecified atom stereocenters. The van der Waals surface area contributed by atoms with Gasteiger partial charge in [-0.3, -0.25) is 9.59 Å². The van der Waals surface area contributed by atoms with E-state index in [1.54, 1.807) is 55.5 Å². The number of furan rings is 1. The Morgan fingerprint density at radius 2 is 1.96 bits per heavy atom. The van der Waals surface area contributed by atoms with Gasteiger partial charge in [0.15, 0.2) is 5.76 Å². The van der Waals surface area contributed by atoms with Crippen molar-refractivity contribution >= 4 is 17.9 Å². The number of hydrogen-bond donors (Lipinski definition) is 1. The Bertz CT molecular complexity index is 836. The number of rotatable bonds is 6. The lowest BCUT2D eigenvalue weighted by Gasteiger charge is -2.31. The summed E-state index contributed by atoms with van der Waals surface area (Å²) in [7, 11) is 3.17. The lowest BCUT2D eigenvalue weighted by atomic mass is 10.0. The molecule has 1 aliphatic heterocycles. The average molecular weight is 384 g/mol. The Labute approximate surface area is 163 Å². The van der Waals surface area contributed by atoms with Crippen LogP contribution >= 0.6 is 0 Å². The Kier molecular flexibility index (Phi) is 6.37. The van der Waals surface area contributed by atoms with Crippen LogP contribution in [0.15, 0.2) is 47.1 Å². The molecular weight excluding hydrogens is 360 g/mol. The van der Waals surface area contributed by atoms with E-state index in [0.29, 0.717) is 43.2 Å². The van der Waals surface area contributed by atoms with E-state index in [0.717, 1.165) is 5.56 Å². The van der Waals surface area contributed by atoms with E-state index in [9.17, 15) is 9.59 Å². The zero-order valence-corrected chi connectivity index (χ0v) is 16.0. The number of carbonyl (C=O) groups excluding carboxylic acids is 2. The number of ether oxygens (including phenoxy) is 2. The molecule has 0 atom stereocenters. The van der Waals surface area contributed by atoms with Gasteiger partial charge >= 0.3 is 0 Å². The molecule has 2 heterocycles. The molecular formula is C21H24N2O5. The molecule has 148 valence electrons. The van der Waals surface area contributed by atoms with E-state index < -0.39 is 0 Å². The van der Waals surface area contributed by atoms with Crippen molar-refractivity contribution in [2.24, 2.45) is 0 Å². The fraction of sp³-hybridized carbons (Fsp3) is 0.333. The van der Waals surface area contributed by atoms with Crippen LogP contribution in [0.25, 0.3) is 6.08 Å². The molecule has 0 aliphatic carbocycles. The highest BCUT2D eigenvalue weighted by Gasteiger charge is 2.25. The summed E-state index contributed by atoms with van der Waals surface area (Å²) in [6, 6.07) is 8.79. The van der Waals surface area contributed by atoms with Crippen molar-refractivity contribution < 1.29 is 23.5 Å². The first kappa shape index (κ1) is 19.5. The van der Waals surface area contributed by atoms with Crippen LogP contribution < -0.4 is 14.8 Å². The molecule has 1 N–H and O–H groups in total. The molecule has 7 nitrogen and oxygen atoms in total. The number of piperidine rings is 1. The summed E-state index contributed by atoms with van der Waals surface area (Å²) in [5.41, 5.74) is 0.760. The van der Waals surface area contributed by atoms with Crippen LogP contribution in [0.4, 0.5) is 0 Å². The molecule has 1 aliphatic rings. The molecule has 0 bridgehead atoms. The van der Waals surface area contributed by atoms with Gasteiger partial charge in [0.05, 0.1) is 20.5 Å². The van der Waals surface area contributed by atoms with Crippen molar-refractivity contribution in [3.05, 3.63) is 54.0 Å². The number of likely N-dealkylation sites (tertiary alicyclic amines) is 1. The van der Waals surface area contributed by atoms with Gasteiger partial charge in [0.25, 0.3) is 5.91 Å². The summed E-state index contributed by atoms with van der Waals surface area (Å²) in [6.45, 7) is 1.16. The predicted octanol–water partition coefficient (Wildman–Crippen LogP) is 2.73. The van der Waals surface area contributed by atoms with Gasteiger partial charge < -0.3 is 24.1 Å². The van der Waals surface area contributed by atoms with Crippen LogP contribution in [-0.2, 0) is 4.79 Å². The topological polar surface area (TPSA) is 81.0 Å². The second-order valence-corrected chi connectivity index (χ2v) is 6.49. The predicted molar refractivity (Wildman–Crippen MR) is 104 cm³/mol. The monoisotopic (exact) mass is 384 g/mol. The first-order valence-electron chi connectivity index (χ1n) is 9.14. The van der Waals surface area contributed by atoms with Gasteiger partial charge in [-0.1, -0.05) is 0 Å². The third-order valence-electron chi connectivity index (χ3n) is 4.71. The van der Waals surface area contributed by atoms with Crippen molar-refractivity contribution in [2.75, 3.05) is 27.3 Å². The summed E-state index contributed by atoms with van der Waals surface area (Å²) < 4.78 is 15.7. The summed E-state index contributed by atoms with van der Waals surface area (Å²) in [5.74, 6) is 1.40. The van der Waals surface area contributed by atoms with Crippen LogP contribution in [-0.4, -0.2) is 50.1 Å². The number of carbonyl (C=O) groups is 2. The van der Waals surface area contributed by atoms with Crippen molar-refractivity contribution in [2.45, 2.75) is 18.9 Å². The smallest absolute Gasteiger partial charge is 0.289 e. The Hall–Kier alpha value is -3.22. The van der Waals surface area contributed by atoms with E-state index in [2.05, 4.69) is 5.32 Å². The first-order valence-corrected chi connectivity index (χ1v) is 9.14.